The van der Waals surface area contributed by atoms with Crippen LogP contribution in [0.2, 0.25) is 0 Å². The highest BCUT2D eigenvalue weighted by atomic mass is 32.2. The second-order valence-electron chi connectivity index (χ2n) is 4.59. The van der Waals surface area contributed by atoms with Crippen molar-refractivity contribution in [1.29, 1.82) is 0 Å². The standard InChI is InChI=1S/C14H24N2O4S/c1-4-8-15-9-5-10-21(17,18)16-13-11-12(19-2)6-7-14(13)20-3/h6-7,11,15-16H,4-5,8-10H2,1-3H3. The number of rotatable bonds is 10. The first-order valence-corrected chi connectivity index (χ1v) is 8.61. The van der Waals surface area contributed by atoms with Crippen molar-refractivity contribution in [3.05, 3.63) is 18.2 Å². The average molecular weight is 316 g/mol. The van der Waals surface area contributed by atoms with Gasteiger partial charge in [-0.2, -0.15) is 0 Å². The molecule has 0 heterocycles. The number of ether oxygens (including phenoxy) is 2. The van der Waals surface area contributed by atoms with Gasteiger partial charge in [0.2, 0.25) is 10.0 Å². The third-order valence-corrected chi connectivity index (χ3v) is 4.22. The van der Waals surface area contributed by atoms with E-state index in [0.29, 0.717) is 30.2 Å². The summed E-state index contributed by atoms with van der Waals surface area (Å²) in [7, 11) is -0.383. The summed E-state index contributed by atoms with van der Waals surface area (Å²) in [5, 5.41) is 3.18. The highest BCUT2D eigenvalue weighted by Gasteiger charge is 2.14. The van der Waals surface area contributed by atoms with Crippen molar-refractivity contribution in [2.24, 2.45) is 0 Å². The minimum atomic E-state index is -3.40. The van der Waals surface area contributed by atoms with Crippen LogP contribution in [-0.2, 0) is 10.0 Å². The predicted octanol–water partition coefficient (Wildman–Crippen LogP) is 1.84. The molecule has 1 aromatic rings. The van der Waals surface area contributed by atoms with E-state index in [0.717, 1.165) is 13.0 Å². The normalized spacial score (nSPS) is 11.2. The molecule has 0 amide bonds. The quantitative estimate of drug-likeness (QED) is 0.644. The smallest absolute Gasteiger partial charge is 0.232 e. The molecule has 0 aliphatic carbocycles. The number of methoxy groups -OCH3 is 2. The Morgan fingerprint density at radius 2 is 1.90 bits per heavy atom. The number of benzene rings is 1. The van der Waals surface area contributed by atoms with Gasteiger partial charge in [0.05, 0.1) is 25.7 Å². The summed E-state index contributed by atoms with van der Waals surface area (Å²) in [6.45, 7) is 3.65. The largest absolute Gasteiger partial charge is 0.497 e. The Balaban J connectivity index is 2.65. The second kappa shape index (κ2) is 8.74. The van der Waals surface area contributed by atoms with Crippen LogP contribution in [0.15, 0.2) is 18.2 Å². The van der Waals surface area contributed by atoms with E-state index >= 15 is 0 Å². The van der Waals surface area contributed by atoms with E-state index in [-0.39, 0.29) is 5.75 Å². The number of hydrogen-bond acceptors (Lipinski definition) is 5. The fraction of sp³-hybridized carbons (Fsp3) is 0.571. The molecule has 0 aromatic heterocycles. The summed E-state index contributed by atoms with van der Waals surface area (Å²) in [5.74, 6) is 1.09. The van der Waals surface area contributed by atoms with Gasteiger partial charge >= 0.3 is 0 Å². The van der Waals surface area contributed by atoms with Crippen molar-refractivity contribution in [1.82, 2.24) is 5.32 Å². The molecule has 2 N–H and O–H groups in total. The maximum absolute atomic E-state index is 12.1. The average Bonchev–Trinajstić information content (AvgIpc) is 2.46. The molecule has 120 valence electrons. The zero-order valence-electron chi connectivity index (χ0n) is 12.8. The molecular weight excluding hydrogens is 292 g/mol. The Morgan fingerprint density at radius 3 is 2.52 bits per heavy atom. The number of nitrogens with one attached hydrogen (secondary N) is 2. The Bertz CT molecular complexity index is 532. The Hall–Kier alpha value is -1.47. The van der Waals surface area contributed by atoms with E-state index in [9.17, 15) is 8.42 Å². The van der Waals surface area contributed by atoms with Gasteiger partial charge in [-0.15, -0.1) is 0 Å². The van der Waals surface area contributed by atoms with Crippen molar-refractivity contribution < 1.29 is 17.9 Å². The minimum absolute atomic E-state index is 0.0596. The molecule has 1 rings (SSSR count). The monoisotopic (exact) mass is 316 g/mol. The second-order valence-corrected chi connectivity index (χ2v) is 6.43. The number of sulfonamides is 1. The molecule has 0 fully saturated rings. The SMILES string of the molecule is CCCNCCCS(=O)(=O)Nc1cc(OC)ccc1OC. The highest BCUT2D eigenvalue weighted by molar-refractivity contribution is 7.92. The molecule has 0 radical (unpaired) electrons. The van der Waals surface area contributed by atoms with Crippen LogP contribution in [-0.4, -0.2) is 41.5 Å². The van der Waals surface area contributed by atoms with E-state index < -0.39 is 10.0 Å². The number of anilines is 1. The lowest BCUT2D eigenvalue weighted by atomic mass is 10.3. The summed E-state index contributed by atoms with van der Waals surface area (Å²) in [4.78, 5) is 0. The van der Waals surface area contributed by atoms with Crippen molar-refractivity contribution in [3.8, 4) is 11.5 Å². The van der Waals surface area contributed by atoms with Crippen LogP contribution in [0.5, 0.6) is 11.5 Å². The van der Waals surface area contributed by atoms with Gasteiger partial charge in [-0.1, -0.05) is 6.92 Å². The number of hydrogen-bond donors (Lipinski definition) is 2. The first-order chi connectivity index (χ1) is 10.0. The summed E-state index contributed by atoms with van der Waals surface area (Å²) in [5.41, 5.74) is 0.387. The summed E-state index contributed by atoms with van der Waals surface area (Å²) in [6, 6.07) is 4.98. The van der Waals surface area contributed by atoms with Gasteiger partial charge in [-0.05, 0) is 38.1 Å². The zero-order chi connectivity index (χ0) is 15.7. The summed E-state index contributed by atoms with van der Waals surface area (Å²) >= 11 is 0. The third kappa shape index (κ3) is 6.22. The lowest BCUT2D eigenvalue weighted by Crippen LogP contribution is -2.22. The van der Waals surface area contributed by atoms with Crippen molar-refractivity contribution in [3.63, 3.8) is 0 Å². The maximum Gasteiger partial charge on any atom is 0.232 e. The Kier molecular flexibility index (Phi) is 7.31. The Morgan fingerprint density at radius 1 is 1.14 bits per heavy atom. The van der Waals surface area contributed by atoms with Crippen LogP contribution < -0.4 is 19.5 Å². The molecule has 7 heteroatoms. The van der Waals surface area contributed by atoms with E-state index in [1.807, 2.05) is 0 Å². The van der Waals surface area contributed by atoms with Crippen LogP contribution in [0.1, 0.15) is 19.8 Å². The highest BCUT2D eigenvalue weighted by Crippen LogP contribution is 2.29. The van der Waals surface area contributed by atoms with Gasteiger partial charge in [-0.3, -0.25) is 4.72 Å². The van der Waals surface area contributed by atoms with Crippen molar-refractivity contribution in [2.45, 2.75) is 19.8 Å². The molecule has 6 nitrogen and oxygen atoms in total. The van der Waals surface area contributed by atoms with Gasteiger partial charge in [0.25, 0.3) is 0 Å². The first kappa shape index (κ1) is 17.6. The lowest BCUT2D eigenvalue weighted by Gasteiger charge is -2.13. The van der Waals surface area contributed by atoms with Gasteiger partial charge in [0.15, 0.2) is 0 Å². The fourth-order valence-corrected chi connectivity index (χ4v) is 2.92. The summed E-state index contributed by atoms with van der Waals surface area (Å²) < 4.78 is 36.9. The van der Waals surface area contributed by atoms with Crippen molar-refractivity contribution in [2.75, 3.05) is 37.8 Å². The van der Waals surface area contributed by atoms with Gasteiger partial charge < -0.3 is 14.8 Å². The van der Waals surface area contributed by atoms with Crippen LogP contribution in [0, 0.1) is 0 Å². The fourth-order valence-electron chi connectivity index (χ4n) is 1.80. The van der Waals surface area contributed by atoms with Crippen LogP contribution >= 0.6 is 0 Å². The van der Waals surface area contributed by atoms with E-state index in [1.165, 1.54) is 14.2 Å². The van der Waals surface area contributed by atoms with Crippen LogP contribution in [0.25, 0.3) is 0 Å². The van der Waals surface area contributed by atoms with Crippen LogP contribution in [0.4, 0.5) is 5.69 Å². The molecule has 0 bridgehead atoms. The lowest BCUT2D eigenvalue weighted by molar-refractivity contribution is 0.405. The third-order valence-electron chi connectivity index (χ3n) is 2.87. The Labute approximate surface area is 126 Å². The van der Waals surface area contributed by atoms with E-state index in [4.69, 9.17) is 9.47 Å². The molecule has 0 saturated carbocycles. The van der Waals surface area contributed by atoms with Gasteiger partial charge in [0, 0.05) is 6.07 Å². The first-order valence-electron chi connectivity index (χ1n) is 6.95. The topological polar surface area (TPSA) is 76.7 Å². The molecule has 0 spiro atoms. The van der Waals surface area contributed by atoms with E-state index in [1.54, 1.807) is 18.2 Å². The molecular formula is C14H24N2O4S. The maximum atomic E-state index is 12.1. The molecule has 0 atom stereocenters. The van der Waals surface area contributed by atoms with Crippen LogP contribution in [0.3, 0.4) is 0 Å². The minimum Gasteiger partial charge on any atom is -0.497 e. The summed E-state index contributed by atoms with van der Waals surface area (Å²) in [6.07, 6.45) is 1.59. The molecule has 0 unspecified atom stereocenters. The van der Waals surface area contributed by atoms with Crippen molar-refractivity contribution >= 4 is 15.7 Å². The molecule has 0 saturated heterocycles. The predicted molar refractivity (Wildman–Crippen MR) is 84.7 cm³/mol. The zero-order valence-corrected chi connectivity index (χ0v) is 13.6. The van der Waals surface area contributed by atoms with Gasteiger partial charge in [-0.25, -0.2) is 8.42 Å². The molecule has 0 aliphatic heterocycles. The van der Waals surface area contributed by atoms with Gasteiger partial charge in [0.1, 0.15) is 11.5 Å². The van der Waals surface area contributed by atoms with E-state index in [2.05, 4.69) is 17.0 Å². The molecule has 1 aromatic carbocycles. The molecule has 21 heavy (non-hydrogen) atoms. The molecule has 0 aliphatic rings.